The topological polar surface area (TPSA) is 84.5 Å². The summed E-state index contributed by atoms with van der Waals surface area (Å²) in [4.78, 5) is 35.0. The van der Waals surface area contributed by atoms with E-state index in [-0.39, 0.29) is 35.0 Å². The van der Waals surface area contributed by atoms with Gasteiger partial charge >= 0.3 is 5.97 Å². The average molecular weight is 375 g/mol. The van der Waals surface area contributed by atoms with E-state index in [0.717, 1.165) is 0 Å². The zero-order chi connectivity index (χ0) is 18.3. The van der Waals surface area contributed by atoms with Gasteiger partial charge in [-0.05, 0) is 31.0 Å². The molecule has 132 valence electrons. The summed E-state index contributed by atoms with van der Waals surface area (Å²) in [5, 5.41) is 5.65. The normalized spacial score (nSPS) is 11.8. The first-order chi connectivity index (χ1) is 11.2. The van der Waals surface area contributed by atoms with Gasteiger partial charge in [-0.2, -0.15) is 0 Å². The molecule has 0 aromatic heterocycles. The van der Waals surface area contributed by atoms with Crippen LogP contribution in [0.1, 0.15) is 31.1 Å². The Morgan fingerprint density at radius 3 is 2.38 bits per heavy atom. The molecule has 0 aliphatic carbocycles. The lowest BCUT2D eigenvalue weighted by Gasteiger charge is -2.17. The Hall–Kier alpha value is -1.79. The van der Waals surface area contributed by atoms with Crippen LogP contribution in [0.3, 0.4) is 0 Å². The van der Waals surface area contributed by atoms with E-state index in [9.17, 15) is 14.4 Å². The van der Waals surface area contributed by atoms with E-state index in [4.69, 9.17) is 27.9 Å². The van der Waals surface area contributed by atoms with Crippen molar-refractivity contribution in [3.05, 3.63) is 33.8 Å². The van der Waals surface area contributed by atoms with Crippen LogP contribution < -0.4 is 10.6 Å². The maximum absolute atomic E-state index is 11.9. The van der Waals surface area contributed by atoms with Gasteiger partial charge in [-0.1, -0.05) is 37.0 Å². The second-order valence-electron chi connectivity index (χ2n) is 5.57. The van der Waals surface area contributed by atoms with E-state index in [1.54, 1.807) is 0 Å². The van der Waals surface area contributed by atoms with Gasteiger partial charge in [-0.3, -0.25) is 14.4 Å². The van der Waals surface area contributed by atoms with E-state index >= 15 is 0 Å². The molecule has 24 heavy (non-hydrogen) atoms. The molecule has 8 heteroatoms. The fourth-order valence-electron chi connectivity index (χ4n) is 1.55. The van der Waals surface area contributed by atoms with Crippen molar-refractivity contribution in [1.82, 2.24) is 10.6 Å². The zero-order valence-electron chi connectivity index (χ0n) is 13.7. The van der Waals surface area contributed by atoms with E-state index in [2.05, 4.69) is 10.6 Å². The van der Waals surface area contributed by atoms with Gasteiger partial charge in [0.25, 0.3) is 11.8 Å². The molecule has 6 nitrogen and oxygen atoms in total. The number of hydrogen-bond acceptors (Lipinski definition) is 4. The highest BCUT2D eigenvalue weighted by atomic mass is 35.5. The molecule has 2 amide bonds. The number of nitrogens with one attached hydrogen (secondary N) is 2. The van der Waals surface area contributed by atoms with Crippen LogP contribution in [0.2, 0.25) is 10.0 Å². The van der Waals surface area contributed by atoms with Crippen LogP contribution in [-0.4, -0.2) is 37.0 Å². The molecule has 2 N–H and O–H groups in total. The molecule has 1 aromatic carbocycles. The molecule has 0 spiro atoms. The minimum absolute atomic E-state index is 0.0226. The third-order valence-electron chi connectivity index (χ3n) is 3.33. The van der Waals surface area contributed by atoms with Crippen molar-refractivity contribution >= 4 is 41.0 Å². The third-order valence-corrected chi connectivity index (χ3v) is 4.07. The predicted molar refractivity (Wildman–Crippen MR) is 92.2 cm³/mol. The van der Waals surface area contributed by atoms with Gasteiger partial charge in [-0.25, -0.2) is 0 Å². The summed E-state index contributed by atoms with van der Waals surface area (Å²) in [5.74, 6) is -1.32. The number of hydrogen-bond donors (Lipinski definition) is 2. The molecule has 1 aromatic rings. The van der Waals surface area contributed by atoms with Crippen molar-refractivity contribution in [2.75, 3.05) is 13.2 Å². The van der Waals surface area contributed by atoms with Crippen LogP contribution in [-0.2, 0) is 14.3 Å². The molecule has 0 saturated carbocycles. The maximum atomic E-state index is 11.9. The third kappa shape index (κ3) is 6.76. The molecule has 0 unspecified atom stereocenters. The highest BCUT2D eigenvalue weighted by Crippen LogP contribution is 2.22. The number of amides is 2. The van der Waals surface area contributed by atoms with Gasteiger partial charge in [0.05, 0.1) is 10.0 Å². The number of ether oxygens (including phenoxy) is 1. The summed E-state index contributed by atoms with van der Waals surface area (Å²) < 4.78 is 4.80. The number of benzene rings is 1. The van der Waals surface area contributed by atoms with Gasteiger partial charge in [0.2, 0.25) is 0 Å². The lowest BCUT2D eigenvalue weighted by Crippen LogP contribution is -2.39. The zero-order valence-corrected chi connectivity index (χ0v) is 15.2. The van der Waals surface area contributed by atoms with Crippen LogP contribution in [0.5, 0.6) is 0 Å². The van der Waals surface area contributed by atoms with Gasteiger partial charge in [0, 0.05) is 11.6 Å². The fourth-order valence-corrected chi connectivity index (χ4v) is 1.85. The number of halogens is 2. The molecule has 0 bridgehead atoms. The Bertz CT molecular complexity index is 620. The Morgan fingerprint density at radius 2 is 1.79 bits per heavy atom. The van der Waals surface area contributed by atoms with Crippen molar-refractivity contribution in [3.63, 3.8) is 0 Å². The highest BCUT2D eigenvalue weighted by molar-refractivity contribution is 6.42. The first-order valence-corrected chi connectivity index (χ1v) is 8.14. The minimum Gasteiger partial charge on any atom is -0.454 e. The standard InChI is InChI=1S/C16H20Cl2N2O4/c1-9(2)10(3)20-14(21)8-24-15(22)7-19-16(23)11-4-5-12(17)13(18)6-11/h4-6,9-10H,7-8H2,1-3H3,(H,19,23)(H,20,21)/t10-/m1/s1. The number of esters is 1. The molecule has 1 atom stereocenters. The number of carbonyl (C=O) groups excluding carboxylic acids is 3. The lowest BCUT2D eigenvalue weighted by atomic mass is 10.1. The van der Waals surface area contributed by atoms with E-state index in [0.29, 0.717) is 5.02 Å². The molecule has 0 aliphatic heterocycles. The maximum Gasteiger partial charge on any atom is 0.325 e. The predicted octanol–water partition coefficient (Wildman–Crippen LogP) is 2.43. The van der Waals surface area contributed by atoms with Crippen molar-refractivity contribution in [2.24, 2.45) is 5.92 Å². The molecular formula is C16H20Cl2N2O4. The quantitative estimate of drug-likeness (QED) is 0.717. The van der Waals surface area contributed by atoms with Crippen LogP contribution in [0.4, 0.5) is 0 Å². The summed E-state index contributed by atoms with van der Waals surface area (Å²) in [6, 6.07) is 4.34. The summed E-state index contributed by atoms with van der Waals surface area (Å²) in [6.45, 7) is 5.05. The second kappa shape index (κ2) is 9.49. The van der Waals surface area contributed by atoms with Gasteiger partial charge < -0.3 is 15.4 Å². The monoisotopic (exact) mass is 374 g/mol. The van der Waals surface area contributed by atoms with Crippen LogP contribution in [0, 0.1) is 5.92 Å². The molecular weight excluding hydrogens is 355 g/mol. The first-order valence-electron chi connectivity index (χ1n) is 7.39. The molecule has 0 heterocycles. The van der Waals surface area contributed by atoms with Crippen LogP contribution in [0.15, 0.2) is 18.2 Å². The number of carbonyl (C=O) groups is 3. The molecule has 0 aliphatic rings. The fraction of sp³-hybridized carbons (Fsp3) is 0.438. The smallest absolute Gasteiger partial charge is 0.325 e. The van der Waals surface area contributed by atoms with Gasteiger partial charge in [0.15, 0.2) is 6.61 Å². The number of rotatable bonds is 7. The second-order valence-corrected chi connectivity index (χ2v) is 6.39. The molecule has 0 fully saturated rings. The highest BCUT2D eigenvalue weighted by Gasteiger charge is 2.14. The van der Waals surface area contributed by atoms with Crippen LogP contribution >= 0.6 is 23.2 Å². The van der Waals surface area contributed by atoms with Crippen molar-refractivity contribution in [3.8, 4) is 0 Å². The summed E-state index contributed by atoms with van der Waals surface area (Å²) in [5.41, 5.74) is 0.265. The van der Waals surface area contributed by atoms with Gasteiger partial charge in [0.1, 0.15) is 6.54 Å². The Labute approximate surface area is 150 Å². The van der Waals surface area contributed by atoms with E-state index in [1.165, 1.54) is 18.2 Å². The van der Waals surface area contributed by atoms with Crippen molar-refractivity contribution in [2.45, 2.75) is 26.8 Å². The minimum atomic E-state index is -0.712. The largest absolute Gasteiger partial charge is 0.454 e. The van der Waals surface area contributed by atoms with E-state index in [1.807, 2.05) is 20.8 Å². The molecule has 1 rings (SSSR count). The molecule has 0 radical (unpaired) electrons. The summed E-state index contributed by atoms with van der Waals surface area (Å²) >= 11 is 11.6. The van der Waals surface area contributed by atoms with Crippen molar-refractivity contribution < 1.29 is 19.1 Å². The van der Waals surface area contributed by atoms with E-state index < -0.39 is 18.5 Å². The Kier molecular flexibility index (Phi) is 8.01. The Balaban J connectivity index is 2.36. The van der Waals surface area contributed by atoms with Crippen molar-refractivity contribution in [1.29, 1.82) is 0 Å². The first kappa shape index (κ1) is 20.3. The van der Waals surface area contributed by atoms with Gasteiger partial charge in [-0.15, -0.1) is 0 Å². The average Bonchev–Trinajstić information content (AvgIpc) is 2.52. The van der Waals surface area contributed by atoms with Crippen LogP contribution in [0.25, 0.3) is 0 Å². The summed E-state index contributed by atoms with van der Waals surface area (Å²) in [6.07, 6.45) is 0. The Morgan fingerprint density at radius 1 is 1.12 bits per heavy atom. The summed E-state index contributed by atoms with van der Waals surface area (Å²) in [7, 11) is 0. The SMILES string of the molecule is CC(C)[C@@H](C)NC(=O)COC(=O)CNC(=O)c1ccc(Cl)c(Cl)c1. The molecule has 0 saturated heterocycles. The lowest BCUT2D eigenvalue weighted by molar-refractivity contribution is -0.147.